The lowest BCUT2D eigenvalue weighted by molar-refractivity contribution is 0.133. The van der Waals surface area contributed by atoms with Crippen LogP contribution in [0.5, 0.6) is 0 Å². The minimum atomic E-state index is 0.663. The Labute approximate surface area is 159 Å². The van der Waals surface area contributed by atoms with Crippen LogP contribution in [-0.4, -0.2) is 50.7 Å². The third-order valence-corrected chi connectivity index (χ3v) is 4.89. The van der Waals surface area contributed by atoms with Gasteiger partial charge < -0.3 is 20.3 Å². The van der Waals surface area contributed by atoms with Crippen LogP contribution in [0.25, 0.3) is 0 Å². The van der Waals surface area contributed by atoms with E-state index in [2.05, 4.69) is 44.8 Å². The smallest absolute Gasteiger partial charge is 0.191 e. The third-order valence-electron chi connectivity index (χ3n) is 4.89. The largest absolute Gasteiger partial charge is 0.377 e. The Bertz CT molecular complexity index is 524. The van der Waals surface area contributed by atoms with Crippen LogP contribution in [0.3, 0.4) is 0 Å². The molecule has 5 nitrogen and oxygen atoms in total. The fraction of sp³-hybridized carbons (Fsp3) is 0.667. The molecule has 146 valence electrons. The van der Waals surface area contributed by atoms with Crippen LogP contribution in [0.15, 0.2) is 29.3 Å². The fourth-order valence-corrected chi connectivity index (χ4v) is 3.35. The average molecular weight is 361 g/mol. The second kappa shape index (κ2) is 12.7. The molecule has 2 N–H and O–H groups in total. The lowest BCUT2D eigenvalue weighted by Gasteiger charge is -2.20. The zero-order valence-corrected chi connectivity index (χ0v) is 16.6. The van der Waals surface area contributed by atoms with E-state index in [0.717, 1.165) is 32.1 Å². The number of aliphatic imine (C=N–C) groups is 1. The van der Waals surface area contributed by atoms with Crippen LogP contribution in [0.4, 0.5) is 0 Å². The Morgan fingerprint density at radius 1 is 1.08 bits per heavy atom. The quantitative estimate of drug-likeness (QED) is 0.403. The molecule has 1 heterocycles. The predicted molar refractivity (Wildman–Crippen MR) is 109 cm³/mol. The highest BCUT2D eigenvalue weighted by molar-refractivity contribution is 5.79. The molecule has 0 unspecified atom stereocenters. The molecule has 0 aliphatic carbocycles. The SMILES string of the molecule is CCOCc1ccccc1CNC(=NC)NCCCN1CCCCCC1. The van der Waals surface area contributed by atoms with E-state index in [1.807, 2.05) is 14.0 Å². The van der Waals surface area contributed by atoms with E-state index in [1.165, 1.54) is 56.4 Å². The first-order chi connectivity index (χ1) is 12.8. The fourth-order valence-electron chi connectivity index (χ4n) is 3.35. The molecule has 0 amide bonds. The van der Waals surface area contributed by atoms with Gasteiger partial charge in [0.05, 0.1) is 6.61 Å². The average Bonchev–Trinajstić information content (AvgIpc) is 2.95. The van der Waals surface area contributed by atoms with Gasteiger partial charge in [0, 0.05) is 26.7 Å². The summed E-state index contributed by atoms with van der Waals surface area (Å²) in [5, 5.41) is 6.86. The van der Waals surface area contributed by atoms with Crippen LogP contribution >= 0.6 is 0 Å². The second-order valence-electron chi connectivity index (χ2n) is 6.87. The van der Waals surface area contributed by atoms with Crippen molar-refractivity contribution in [3.05, 3.63) is 35.4 Å². The molecular weight excluding hydrogens is 324 g/mol. The zero-order chi connectivity index (χ0) is 18.5. The van der Waals surface area contributed by atoms with Crippen molar-refractivity contribution >= 4 is 5.96 Å². The highest BCUT2D eigenvalue weighted by atomic mass is 16.5. The van der Waals surface area contributed by atoms with Crippen molar-refractivity contribution in [2.24, 2.45) is 4.99 Å². The molecule has 5 heteroatoms. The molecule has 1 saturated heterocycles. The molecule has 1 aromatic rings. The van der Waals surface area contributed by atoms with E-state index in [1.54, 1.807) is 0 Å². The molecule has 1 fully saturated rings. The van der Waals surface area contributed by atoms with Gasteiger partial charge in [0.25, 0.3) is 0 Å². The van der Waals surface area contributed by atoms with Crippen LogP contribution in [0, 0.1) is 0 Å². The molecule has 0 saturated carbocycles. The molecule has 0 atom stereocenters. The summed E-state index contributed by atoms with van der Waals surface area (Å²) in [6.45, 7) is 8.86. The lowest BCUT2D eigenvalue weighted by Crippen LogP contribution is -2.38. The van der Waals surface area contributed by atoms with Gasteiger partial charge in [0.2, 0.25) is 0 Å². The maximum Gasteiger partial charge on any atom is 0.191 e. The van der Waals surface area contributed by atoms with E-state index in [-0.39, 0.29) is 0 Å². The van der Waals surface area contributed by atoms with E-state index < -0.39 is 0 Å². The molecule has 1 aliphatic heterocycles. The Morgan fingerprint density at radius 3 is 2.50 bits per heavy atom. The van der Waals surface area contributed by atoms with E-state index >= 15 is 0 Å². The van der Waals surface area contributed by atoms with Crippen molar-refractivity contribution in [2.75, 3.05) is 39.8 Å². The third kappa shape index (κ3) is 7.75. The van der Waals surface area contributed by atoms with Gasteiger partial charge >= 0.3 is 0 Å². The minimum absolute atomic E-state index is 0.663. The monoisotopic (exact) mass is 360 g/mol. The van der Waals surface area contributed by atoms with Crippen LogP contribution < -0.4 is 10.6 Å². The summed E-state index contributed by atoms with van der Waals surface area (Å²) in [5.74, 6) is 0.868. The first-order valence-electron chi connectivity index (χ1n) is 10.1. The Hall–Kier alpha value is -1.59. The molecule has 1 aliphatic rings. The summed E-state index contributed by atoms with van der Waals surface area (Å²) in [4.78, 5) is 6.95. The molecule has 1 aromatic carbocycles. The molecule has 2 rings (SSSR count). The predicted octanol–water partition coefficient (Wildman–Crippen LogP) is 3.15. The van der Waals surface area contributed by atoms with Crippen LogP contribution in [0.1, 0.15) is 50.2 Å². The number of likely N-dealkylation sites (tertiary alicyclic amines) is 1. The van der Waals surface area contributed by atoms with E-state index in [4.69, 9.17) is 4.74 Å². The molecular formula is C21H36N4O. The summed E-state index contributed by atoms with van der Waals surface area (Å²) >= 11 is 0. The van der Waals surface area contributed by atoms with Gasteiger partial charge in [0.15, 0.2) is 5.96 Å². The van der Waals surface area contributed by atoms with E-state index in [9.17, 15) is 0 Å². The number of guanidine groups is 1. The summed E-state index contributed by atoms with van der Waals surface area (Å²) in [6.07, 6.45) is 6.67. The maximum absolute atomic E-state index is 5.56. The van der Waals surface area contributed by atoms with Crippen molar-refractivity contribution < 1.29 is 4.74 Å². The Morgan fingerprint density at radius 2 is 1.81 bits per heavy atom. The Balaban J connectivity index is 1.69. The van der Waals surface area contributed by atoms with Crippen LogP contribution in [-0.2, 0) is 17.9 Å². The standard InChI is InChI=1S/C21H36N4O/c1-3-26-18-20-12-7-6-11-19(20)17-24-21(22-2)23-13-10-16-25-14-8-4-5-9-15-25/h6-7,11-12H,3-5,8-10,13-18H2,1-2H3,(H2,22,23,24). The lowest BCUT2D eigenvalue weighted by atomic mass is 10.1. The van der Waals surface area contributed by atoms with Gasteiger partial charge in [-0.15, -0.1) is 0 Å². The number of ether oxygens (including phenoxy) is 1. The number of hydrogen-bond donors (Lipinski definition) is 2. The van der Waals surface area contributed by atoms with Gasteiger partial charge in [-0.1, -0.05) is 37.1 Å². The van der Waals surface area contributed by atoms with Gasteiger partial charge in [-0.2, -0.15) is 0 Å². The first-order valence-corrected chi connectivity index (χ1v) is 10.1. The first kappa shape index (κ1) is 20.7. The minimum Gasteiger partial charge on any atom is -0.377 e. The summed E-state index contributed by atoms with van der Waals surface area (Å²) in [6, 6.07) is 8.41. The maximum atomic E-state index is 5.56. The summed E-state index contributed by atoms with van der Waals surface area (Å²) < 4.78 is 5.56. The van der Waals surface area contributed by atoms with Crippen LogP contribution in [0.2, 0.25) is 0 Å². The molecule has 0 bridgehead atoms. The molecule has 0 aromatic heterocycles. The van der Waals surface area contributed by atoms with E-state index in [0.29, 0.717) is 6.61 Å². The van der Waals surface area contributed by atoms with Crippen molar-refractivity contribution in [3.63, 3.8) is 0 Å². The molecule has 0 spiro atoms. The molecule has 26 heavy (non-hydrogen) atoms. The Kier molecular flexibility index (Phi) is 10.1. The number of benzene rings is 1. The summed E-state index contributed by atoms with van der Waals surface area (Å²) in [5.41, 5.74) is 2.49. The van der Waals surface area contributed by atoms with Crippen molar-refractivity contribution in [1.29, 1.82) is 0 Å². The van der Waals surface area contributed by atoms with Gasteiger partial charge in [0.1, 0.15) is 0 Å². The number of nitrogens with one attached hydrogen (secondary N) is 2. The highest BCUT2D eigenvalue weighted by Crippen LogP contribution is 2.10. The van der Waals surface area contributed by atoms with Gasteiger partial charge in [-0.3, -0.25) is 4.99 Å². The second-order valence-corrected chi connectivity index (χ2v) is 6.87. The van der Waals surface area contributed by atoms with Crippen molar-refractivity contribution in [2.45, 2.75) is 52.2 Å². The van der Waals surface area contributed by atoms with Gasteiger partial charge in [-0.05, 0) is 56.9 Å². The number of nitrogens with zero attached hydrogens (tertiary/aromatic N) is 2. The number of hydrogen-bond acceptors (Lipinski definition) is 3. The highest BCUT2D eigenvalue weighted by Gasteiger charge is 2.08. The topological polar surface area (TPSA) is 48.9 Å². The zero-order valence-electron chi connectivity index (χ0n) is 16.6. The normalized spacial score (nSPS) is 16.3. The van der Waals surface area contributed by atoms with Gasteiger partial charge in [-0.25, -0.2) is 0 Å². The molecule has 0 radical (unpaired) electrons. The summed E-state index contributed by atoms with van der Waals surface area (Å²) in [7, 11) is 1.83. The van der Waals surface area contributed by atoms with Crippen molar-refractivity contribution in [3.8, 4) is 0 Å². The number of rotatable bonds is 9. The van der Waals surface area contributed by atoms with Crippen molar-refractivity contribution in [1.82, 2.24) is 15.5 Å².